The number of aliphatic hydroxyl groups is 2. The van der Waals surface area contributed by atoms with Gasteiger partial charge in [-0.25, -0.2) is 0 Å². The summed E-state index contributed by atoms with van der Waals surface area (Å²) >= 11 is 0. The van der Waals surface area contributed by atoms with Crippen LogP contribution in [-0.2, 0) is 14.3 Å². The highest BCUT2D eigenvalue weighted by atomic mass is 16.6. The first kappa shape index (κ1) is 23.7. The lowest BCUT2D eigenvalue weighted by molar-refractivity contribution is -0.165. The molecule has 0 amide bonds. The van der Waals surface area contributed by atoms with Crippen LogP contribution in [0.1, 0.15) is 48.5 Å². The van der Waals surface area contributed by atoms with Gasteiger partial charge in [-0.3, -0.25) is 4.79 Å². The fourth-order valence-corrected chi connectivity index (χ4v) is 5.24. The van der Waals surface area contributed by atoms with E-state index in [4.69, 9.17) is 9.47 Å². The molecule has 5 nitrogen and oxygen atoms in total. The molecule has 5 heteroatoms. The van der Waals surface area contributed by atoms with Gasteiger partial charge in [0.15, 0.2) is 0 Å². The van der Waals surface area contributed by atoms with Crippen molar-refractivity contribution in [2.24, 2.45) is 16.7 Å². The number of rotatable bonds is 5. The van der Waals surface area contributed by atoms with Crippen LogP contribution in [0.3, 0.4) is 0 Å². The van der Waals surface area contributed by atoms with Gasteiger partial charge in [0.2, 0.25) is 0 Å². The largest absolute Gasteiger partial charge is 0.461 e. The van der Waals surface area contributed by atoms with Crippen molar-refractivity contribution >= 4 is 5.97 Å². The smallest absolute Gasteiger partial charge is 0.315 e. The lowest BCUT2D eigenvalue weighted by Gasteiger charge is -2.37. The minimum Gasteiger partial charge on any atom is -0.461 e. The summed E-state index contributed by atoms with van der Waals surface area (Å²) in [6.07, 6.45) is 14.1. The van der Waals surface area contributed by atoms with Gasteiger partial charge in [0.05, 0.1) is 18.3 Å². The summed E-state index contributed by atoms with van der Waals surface area (Å²) in [6, 6.07) is 0. The fraction of sp³-hybridized carbons (Fsp3) is 0.577. The van der Waals surface area contributed by atoms with Gasteiger partial charge in [0.25, 0.3) is 0 Å². The number of carbonyl (C=O) groups is 1. The molecule has 0 unspecified atom stereocenters. The minimum atomic E-state index is -0.943. The van der Waals surface area contributed by atoms with E-state index in [2.05, 4.69) is 0 Å². The highest BCUT2D eigenvalue weighted by Crippen LogP contribution is 2.62. The summed E-state index contributed by atoms with van der Waals surface area (Å²) in [5, 5.41) is 20.9. The molecule has 1 saturated heterocycles. The normalized spacial score (nSPS) is 45.8. The van der Waals surface area contributed by atoms with Crippen molar-refractivity contribution in [3.8, 4) is 0 Å². The first-order valence-corrected chi connectivity index (χ1v) is 11.0. The molecule has 0 radical (unpaired) electrons. The molecule has 2 aliphatic heterocycles. The number of carbonyl (C=O) groups excluding carboxylic acids is 1. The average Bonchev–Trinajstić information content (AvgIpc) is 2.97. The Hall–Kier alpha value is -1.95. The summed E-state index contributed by atoms with van der Waals surface area (Å²) in [7, 11) is 0. The lowest BCUT2D eigenvalue weighted by atomic mass is 9.68. The maximum atomic E-state index is 12.3. The predicted molar refractivity (Wildman–Crippen MR) is 121 cm³/mol. The molecule has 2 N–H and O–H groups in total. The molecule has 0 spiro atoms. The van der Waals surface area contributed by atoms with Crippen LogP contribution in [0.25, 0.3) is 0 Å². The molecule has 1 saturated carbocycles. The fourth-order valence-electron chi connectivity index (χ4n) is 5.24. The summed E-state index contributed by atoms with van der Waals surface area (Å²) in [6.45, 7) is 13.3. The van der Waals surface area contributed by atoms with Crippen molar-refractivity contribution in [2.45, 2.75) is 78.5 Å². The van der Waals surface area contributed by atoms with E-state index in [1.54, 1.807) is 13.8 Å². The van der Waals surface area contributed by atoms with Gasteiger partial charge in [0.1, 0.15) is 17.1 Å². The van der Waals surface area contributed by atoms with E-state index in [-0.39, 0.29) is 30.2 Å². The summed E-state index contributed by atoms with van der Waals surface area (Å²) in [4.78, 5) is 12.3. The quantitative estimate of drug-likeness (QED) is 0.393. The SMILES string of the molecule is CC1=C[C@@](C)(O)[C@H](C)O[C@H]1/C(C)=C/C=C/C=C/C=C/[C@@]1(C)[C@H]2OC(=O)[C@]1(C)[C@H](O)[C@H]2C. The van der Waals surface area contributed by atoms with Crippen molar-refractivity contribution in [1.29, 1.82) is 0 Å². The molecule has 2 heterocycles. The first-order chi connectivity index (χ1) is 14.4. The maximum Gasteiger partial charge on any atom is 0.315 e. The van der Waals surface area contributed by atoms with Crippen LogP contribution in [0.15, 0.2) is 59.8 Å². The van der Waals surface area contributed by atoms with Gasteiger partial charge in [-0.1, -0.05) is 56.4 Å². The van der Waals surface area contributed by atoms with Gasteiger partial charge < -0.3 is 19.7 Å². The Morgan fingerprint density at radius 1 is 1.10 bits per heavy atom. The minimum absolute atomic E-state index is 0.0831. The zero-order chi connectivity index (χ0) is 23.2. The summed E-state index contributed by atoms with van der Waals surface area (Å²) in [5.74, 6) is -0.398. The van der Waals surface area contributed by atoms with Gasteiger partial charge >= 0.3 is 5.97 Å². The Bertz CT molecular complexity index is 876. The van der Waals surface area contributed by atoms with Crippen LogP contribution >= 0.6 is 0 Å². The van der Waals surface area contributed by atoms with Crippen LogP contribution in [0.4, 0.5) is 0 Å². The van der Waals surface area contributed by atoms with Crippen molar-refractivity contribution in [2.75, 3.05) is 0 Å². The number of hydrogen-bond donors (Lipinski definition) is 2. The third kappa shape index (κ3) is 3.77. The highest BCUT2D eigenvalue weighted by molar-refractivity contribution is 5.83. The molecule has 0 aromatic carbocycles. The maximum absolute atomic E-state index is 12.3. The van der Waals surface area contributed by atoms with Crippen molar-refractivity contribution in [1.82, 2.24) is 0 Å². The Morgan fingerprint density at radius 2 is 1.71 bits per heavy atom. The number of fused-ring (bicyclic) bond motifs is 2. The molecule has 2 fully saturated rings. The van der Waals surface area contributed by atoms with Crippen LogP contribution in [0.5, 0.6) is 0 Å². The number of ether oxygens (including phenoxy) is 2. The molecule has 2 bridgehead atoms. The summed E-state index contributed by atoms with van der Waals surface area (Å²) in [5.41, 5.74) is -0.317. The number of hydrogen-bond acceptors (Lipinski definition) is 5. The summed E-state index contributed by atoms with van der Waals surface area (Å²) < 4.78 is 11.5. The molecule has 0 aromatic heterocycles. The Morgan fingerprint density at radius 3 is 2.35 bits per heavy atom. The van der Waals surface area contributed by atoms with Gasteiger partial charge in [-0.15, -0.1) is 0 Å². The molecule has 31 heavy (non-hydrogen) atoms. The third-order valence-corrected chi connectivity index (χ3v) is 7.69. The zero-order valence-corrected chi connectivity index (χ0v) is 19.6. The van der Waals surface area contributed by atoms with Gasteiger partial charge in [-0.2, -0.15) is 0 Å². The zero-order valence-electron chi connectivity index (χ0n) is 19.6. The molecule has 170 valence electrons. The van der Waals surface area contributed by atoms with Crippen LogP contribution in [-0.4, -0.2) is 46.2 Å². The Labute approximate surface area is 185 Å². The van der Waals surface area contributed by atoms with Crippen molar-refractivity contribution in [3.05, 3.63) is 59.8 Å². The van der Waals surface area contributed by atoms with E-state index in [1.165, 1.54) is 0 Å². The number of aliphatic hydroxyl groups excluding tert-OH is 1. The van der Waals surface area contributed by atoms with Crippen LogP contribution < -0.4 is 0 Å². The van der Waals surface area contributed by atoms with Crippen LogP contribution in [0.2, 0.25) is 0 Å². The molecular weight excluding hydrogens is 392 g/mol. The van der Waals surface area contributed by atoms with E-state index in [9.17, 15) is 15.0 Å². The Balaban J connectivity index is 1.63. The van der Waals surface area contributed by atoms with Gasteiger partial charge in [-0.05, 0) is 51.8 Å². The molecule has 3 rings (SSSR count). The van der Waals surface area contributed by atoms with E-state index in [0.717, 1.165) is 11.1 Å². The van der Waals surface area contributed by atoms with E-state index < -0.39 is 22.5 Å². The van der Waals surface area contributed by atoms with Crippen molar-refractivity contribution in [3.63, 3.8) is 0 Å². The van der Waals surface area contributed by atoms with Crippen molar-refractivity contribution < 1.29 is 24.5 Å². The predicted octanol–water partition coefficient (Wildman–Crippen LogP) is 4.03. The second-order valence-corrected chi connectivity index (χ2v) is 9.93. The Kier molecular flexibility index (Phi) is 6.27. The van der Waals surface area contributed by atoms with Crippen LogP contribution in [0, 0.1) is 16.7 Å². The van der Waals surface area contributed by atoms with E-state index >= 15 is 0 Å². The monoisotopic (exact) mass is 428 g/mol. The van der Waals surface area contributed by atoms with E-state index in [1.807, 2.05) is 83.2 Å². The number of esters is 1. The lowest BCUT2D eigenvalue weighted by Crippen LogP contribution is -2.44. The first-order valence-electron chi connectivity index (χ1n) is 11.0. The molecule has 0 aromatic rings. The van der Waals surface area contributed by atoms with Gasteiger partial charge in [0, 0.05) is 11.3 Å². The van der Waals surface area contributed by atoms with E-state index in [0.29, 0.717) is 0 Å². The average molecular weight is 429 g/mol. The molecular formula is C26H36O5. The standard InChI is InChI=1S/C26H36O5/c1-16(20-17(2)15-25(6,29)19(4)30-20)13-11-9-8-10-12-14-24(5)22-18(3)21(27)26(24,7)23(28)31-22/h8-15,18-22,27,29H,1-7H3/b10-8+,11-9+,14-12+,16-13+/t18-,19+,20+,21-,22+,24+,25-,26+/m1/s1. The molecule has 8 atom stereocenters. The second-order valence-electron chi connectivity index (χ2n) is 9.93. The second kappa shape index (κ2) is 8.19. The highest BCUT2D eigenvalue weighted by Gasteiger charge is 2.73. The molecule has 3 aliphatic rings. The third-order valence-electron chi connectivity index (χ3n) is 7.69. The topological polar surface area (TPSA) is 76.0 Å². The molecule has 1 aliphatic carbocycles. The number of allylic oxidation sites excluding steroid dienone is 6.